The third-order valence-electron chi connectivity index (χ3n) is 2.86. The molecule has 2 atom stereocenters. The summed E-state index contributed by atoms with van der Waals surface area (Å²) < 4.78 is 0. The van der Waals surface area contributed by atoms with Gasteiger partial charge in [-0.05, 0) is 31.5 Å². The maximum Gasteiger partial charge on any atom is 0.0591 e. The van der Waals surface area contributed by atoms with Crippen LogP contribution in [0, 0.1) is 6.92 Å². The van der Waals surface area contributed by atoms with Crippen molar-refractivity contribution in [3.05, 3.63) is 29.6 Å². The van der Waals surface area contributed by atoms with Gasteiger partial charge in [-0.2, -0.15) is 0 Å². The van der Waals surface area contributed by atoms with Crippen LogP contribution in [0.1, 0.15) is 23.6 Å². The van der Waals surface area contributed by atoms with Gasteiger partial charge in [0.1, 0.15) is 0 Å². The monoisotopic (exact) mass is 192 g/mol. The number of hydrogen-bond acceptors (Lipinski definition) is 3. The molecule has 1 aliphatic heterocycles. The average Bonchev–Trinajstić information content (AvgIpc) is 2.67. The van der Waals surface area contributed by atoms with Crippen LogP contribution < -0.4 is 5.32 Å². The van der Waals surface area contributed by atoms with Crippen molar-refractivity contribution in [2.24, 2.45) is 0 Å². The largest absolute Gasteiger partial charge is 0.395 e. The Morgan fingerprint density at radius 3 is 3.07 bits per heavy atom. The number of hydrogen-bond donors (Lipinski definition) is 2. The Morgan fingerprint density at radius 1 is 1.57 bits per heavy atom. The van der Waals surface area contributed by atoms with E-state index < -0.39 is 0 Å². The molecular weight excluding hydrogens is 176 g/mol. The highest BCUT2D eigenvalue weighted by molar-refractivity contribution is 5.18. The van der Waals surface area contributed by atoms with Crippen LogP contribution in [-0.4, -0.2) is 29.3 Å². The second-order valence-electron chi connectivity index (χ2n) is 3.90. The van der Waals surface area contributed by atoms with Gasteiger partial charge in [0.2, 0.25) is 0 Å². The lowest BCUT2D eigenvalue weighted by Crippen LogP contribution is -2.29. The number of aromatic nitrogens is 1. The molecule has 0 aliphatic carbocycles. The first-order valence-electron chi connectivity index (χ1n) is 5.08. The molecule has 76 valence electrons. The van der Waals surface area contributed by atoms with Gasteiger partial charge >= 0.3 is 0 Å². The smallest absolute Gasteiger partial charge is 0.0591 e. The summed E-state index contributed by atoms with van der Waals surface area (Å²) in [5, 5.41) is 12.4. The van der Waals surface area contributed by atoms with Crippen molar-refractivity contribution in [1.29, 1.82) is 0 Å². The van der Waals surface area contributed by atoms with Gasteiger partial charge < -0.3 is 10.4 Å². The topological polar surface area (TPSA) is 45.1 Å². The number of nitrogens with one attached hydrogen (secondary N) is 1. The summed E-state index contributed by atoms with van der Waals surface area (Å²) >= 11 is 0. The number of nitrogens with zero attached hydrogens (tertiary/aromatic N) is 1. The minimum Gasteiger partial charge on any atom is -0.395 e. The van der Waals surface area contributed by atoms with E-state index in [0.29, 0.717) is 5.92 Å². The second kappa shape index (κ2) is 4.07. The fourth-order valence-electron chi connectivity index (χ4n) is 2.01. The van der Waals surface area contributed by atoms with Gasteiger partial charge in [-0.25, -0.2) is 0 Å². The van der Waals surface area contributed by atoms with Gasteiger partial charge in [0, 0.05) is 23.9 Å². The van der Waals surface area contributed by atoms with Crippen LogP contribution >= 0.6 is 0 Å². The minimum absolute atomic E-state index is 0.185. The molecule has 1 aromatic heterocycles. The fourth-order valence-corrected chi connectivity index (χ4v) is 2.01. The lowest BCUT2D eigenvalue weighted by atomic mass is 9.96. The highest BCUT2D eigenvalue weighted by Gasteiger charge is 2.28. The third-order valence-corrected chi connectivity index (χ3v) is 2.86. The van der Waals surface area contributed by atoms with E-state index in [1.807, 2.05) is 13.1 Å². The molecule has 0 radical (unpaired) electrons. The van der Waals surface area contributed by atoms with Crippen LogP contribution in [0.5, 0.6) is 0 Å². The van der Waals surface area contributed by atoms with Gasteiger partial charge in [-0.1, -0.05) is 6.07 Å². The predicted molar refractivity (Wildman–Crippen MR) is 55.2 cm³/mol. The molecule has 1 aliphatic rings. The summed E-state index contributed by atoms with van der Waals surface area (Å²) in [6.45, 7) is 3.21. The molecule has 2 unspecified atom stereocenters. The molecule has 1 aromatic rings. The molecule has 1 fully saturated rings. The molecular formula is C11H16N2O. The molecule has 0 spiro atoms. The van der Waals surface area contributed by atoms with Crippen molar-refractivity contribution in [2.45, 2.75) is 25.3 Å². The van der Waals surface area contributed by atoms with Crippen LogP contribution in [0.2, 0.25) is 0 Å². The van der Waals surface area contributed by atoms with Crippen molar-refractivity contribution >= 4 is 0 Å². The molecule has 0 aromatic carbocycles. The summed E-state index contributed by atoms with van der Waals surface area (Å²) in [6, 6.07) is 4.33. The highest BCUT2D eigenvalue weighted by Crippen LogP contribution is 2.25. The molecule has 3 heteroatoms. The SMILES string of the molecule is Cc1ccc(C2CCNC2CO)nc1. The summed E-state index contributed by atoms with van der Waals surface area (Å²) in [5.74, 6) is 0.376. The molecule has 2 heterocycles. The number of rotatable bonds is 2. The summed E-state index contributed by atoms with van der Waals surface area (Å²) in [6.07, 6.45) is 2.96. The zero-order chi connectivity index (χ0) is 9.97. The molecule has 1 saturated heterocycles. The Hall–Kier alpha value is -0.930. The number of pyridine rings is 1. The molecule has 0 amide bonds. The lowest BCUT2D eigenvalue weighted by molar-refractivity contribution is 0.244. The molecule has 0 bridgehead atoms. The van der Waals surface area contributed by atoms with Gasteiger partial charge in [-0.15, -0.1) is 0 Å². The van der Waals surface area contributed by atoms with Crippen molar-refractivity contribution < 1.29 is 5.11 Å². The van der Waals surface area contributed by atoms with E-state index in [1.165, 1.54) is 5.56 Å². The van der Waals surface area contributed by atoms with E-state index in [9.17, 15) is 0 Å². The minimum atomic E-state index is 0.185. The van der Waals surface area contributed by atoms with E-state index >= 15 is 0 Å². The van der Waals surface area contributed by atoms with E-state index in [0.717, 1.165) is 18.7 Å². The number of aliphatic hydroxyl groups excluding tert-OH is 1. The first-order chi connectivity index (χ1) is 6.81. The maximum atomic E-state index is 9.16. The van der Waals surface area contributed by atoms with Crippen molar-refractivity contribution in [3.8, 4) is 0 Å². The lowest BCUT2D eigenvalue weighted by Gasteiger charge is -2.16. The van der Waals surface area contributed by atoms with E-state index in [-0.39, 0.29) is 12.6 Å². The molecule has 3 nitrogen and oxygen atoms in total. The zero-order valence-corrected chi connectivity index (χ0v) is 8.40. The number of aliphatic hydroxyl groups is 1. The van der Waals surface area contributed by atoms with Crippen LogP contribution in [0.3, 0.4) is 0 Å². The summed E-state index contributed by atoms with van der Waals surface area (Å²) in [5.41, 5.74) is 2.28. The Balaban J connectivity index is 2.17. The Bertz CT molecular complexity index is 297. The van der Waals surface area contributed by atoms with Crippen molar-refractivity contribution in [3.63, 3.8) is 0 Å². The standard InChI is InChI=1S/C11H16N2O/c1-8-2-3-10(13-6-8)9-4-5-12-11(9)7-14/h2-3,6,9,11-12,14H,4-5,7H2,1H3. The normalized spacial score (nSPS) is 26.7. The Morgan fingerprint density at radius 2 is 2.43 bits per heavy atom. The van der Waals surface area contributed by atoms with E-state index in [4.69, 9.17) is 5.11 Å². The highest BCUT2D eigenvalue weighted by atomic mass is 16.3. The van der Waals surface area contributed by atoms with Crippen molar-refractivity contribution in [1.82, 2.24) is 10.3 Å². The Kier molecular flexibility index (Phi) is 2.79. The second-order valence-corrected chi connectivity index (χ2v) is 3.90. The van der Waals surface area contributed by atoms with Crippen LogP contribution in [0.25, 0.3) is 0 Å². The Labute approximate surface area is 84.2 Å². The first kappa shape index (κ1) is 9.62. The molecule has 0 saturated carbocycles. The van der Waals surface area contributed by atoms with Gasteiger partial charge in [0.05, 0.1) is 6.61 Å². The van der Waals surface area contributed by atoms with E-state index in [1.54, 1.807) is 0 Å². The maximum absolute atomic E-state index is 9.16. The molecule has 2 N–H and O–H groups in total. The zero-order valence-electron chi connectivity index (χ0n) is 8.40. The predicted octanol–water partition coefficient (Wildman–Crippen LogP) is 0.828. The molecule has 2 rings (SSSR count). The van der Waals surface area contributed by atoms with Crippen LogP contribution in [0.4, 0.5) is 0 Å². The summed E-state index contributed by atoms with van der Waals surface area (Å²) in [4.78, 5) is 4.41. The van der Waals surface area contributed by atoms with Crippen LogP contribution in [0.15, 0.2) is 18.3 Å². The number of aryl methyl sites for hydroxylation is 1. The third kappa shape index (κ3) is 1.79. The van der Waals surface area contributed by atoms with E-state index in [2.05, 4.69) is 22.4 Å². The van der Waals surface area contributed by atoms with Gasteiger partial charge in [-0.3, -0.25) is 4.98 Å². The first-order valence-corrected chi connectivity index (χ1v) is 5.08. The van der Waals surface area contributed by atoms with Gasteiger partial charge in [0.25, 0.3) is 0 Å². The van der Waals surface area contributed by atoms with Crippen LogP contribution in [-0.2, 0) is 0 Å². The van der Waals surface area contributed by atoms with Crippen molar-refractivity contribution in [2.75, 3.05) is 13.2 Å². The fraction of sp³-hybridized carbons (Fsp3) is 0.545. The summed E-state index contributed by atoms with van der Waals surface area (Å²) in [7, 11) is 0. The molecule has 14 heavy (non-hydrogen) atoms. The van der Waals surface area contributed by atoms with Gasteiger partial charge in [0.15, 0.2) is 0 Å². The average molecular weight is 192 g/mol. The quantitative estimate of drug-likeness (QED) is 0.729.